The molecule has 0 radical (unpaired) electrons. The molecule has 0 atom stereocenters. The van der Waals surface area contributed by atoms with Crippen LogP contribution in [0.2, 0.25) is 0 Å². The third-order valence-corrected chi connectivity index (χ3v) is 4.77. The minimum Gasteiger partial charge on any atom is -0.289 e. The smallest absolute Gasteiger partial charge is 0.289 e. The van der Waals surface area contributed by atoms with E-state index in [-0.39, 0.29) is 16.9 Å². The van der Waals surface area contributed by atoms with E-state index in [0.29, 0.717) is 5.69 Å². The Morgan fingerprint density at radius 3 is 2.35 bits per heavy atom. The van der Waals surface area contributed by atoms with Crippen molar-refractivity contribution in [2.24, 2.45) is 0 Å². The van der Waals surface area contributed by atoms with Crippen molar-refractivity contribution < 1.29 is 26.4 Å². The van der Waals surface area contributed by atoms with Crippen LogP contribution in [0.5, 0.6) is 0 Å². The summed E-state index contributed by atoms with van der Waals surface area (Å²) in [5, 5.41) is 0. The number of carbonyl (C=O) groups is 1. The molecule has 0 spiro atoms. The highest BCUT2D eigenvalue weighted by Gasteiger charge is 2.30. The Kier molecular flexibility index (Phi) is 5.86. The second-order valence-electron chi connectivity index (χ2n) is 5.40. The molecule has 0 fully saturated rings. The van der Waals surface area contributed by atoms with Gasteiger partial charge in [-0.25, -0.2) is 8.42 Å². The van der Waals surface area contributed by atoms with Gasteiger partial charge in [-0.1, -0.05) is 18.2 Å². The molecule has 26 heavy (non-hydrogen) atoms. The summed E-state index contributed by atoms with van der Waals surface area (Å²) < 4.78 is 63.3. The van der Waals surface area contributed by atoms with Gasteiger partial charge in [0.1, 0.15) is 0 Å². The number of benzene rings is 2. The number of rotatable bonds is 6. The summed E-state index contributed by atoms with van der Waals surface area (Å²) in [6.07, 6.45) is -1.98. The SMILES string of the molecule is CCS(=O)(=O)Nc1ccc(C(=O)/C=C/c2cccc(C(F)(F)F)c2)cc1. The number of alkyl halides is 3. The van der Waals surface area contributed by atoms with Crippen LogP contribution in [0.15, 0.2) is 54.6 Å². The molecule has 0 aliphatic heterocycles. The average molecular weight is 383 g/mol. The Hall–Kier alpha value is -2.61. The summed E-state index contributed by atoms with van der Waals surface area (Å²) in [4.78, 5) is 12.1. The zero-order valence-corrected chi connectivity index (χ0v) is 14.6. The van der Waals surface area contributed by atoms with Gasteiger partial charge in [-0.2, -0.15) is 13.2 Å². The van der Waals surface area contributed by atoms with Gasteiger partial charge in [0.25, 0.3) is 0 Å². The lowest BCUT2D eigenvalue weighted by molar-refractivity contribution is -0.137. The quantitative estimate of drug-likeness (QED) is 0.595. The molecule has 8 heteroatoms. The predicted molar refractivity (Wildman–Crippen MR) is 94.3 cm³/mol. The van der Waals surface area contributed by atoms with Crippen LogP contribution in [-0.4, -0.2) is 20.0 Å². The van der Waals surface area contributed by atoms with Crippen LogP contribution in [0.1, 0.15) is 28.4 Å². The molecular weight excluding hydrogens is 367 g/mol. The summed E-state index contributed by atoms with van der Waals surface area (Å²) in [7, 11) is -3.41. The van der Waals surface area contributed by atoms with Gasteiger partial charge in [-0.3, -0.25) is 9.52 Å². The first-order valence-corrected chi connectivity index (χ1v) is 9.26. The molecule has 0 bridgehead atoms. The maximum absolute atomic E-state index is 12.7. The highest BCUT2D eigenvalue weighted by molar-refractivity contribution is 7.92. The van der Waals surface area contributed by atoms with Gasteiger partial charge >= 0.3 is 6.18 Å². The van der Waals surface area contributed by atoms with Gasteiger partial charge in [-0.15, -0.1) is 0 Å². The summed E-state index contributed by atoms with van der Waals surface area (Å²) in [6.45, 7) is 1.50. The standard InChI is InChI=1S/C18H16F3NO3S/c1-2-26(24,25)22-16-9-7-14(8-10-16)17(23)11-6-13-4-3-5-15(12-13)18(19,20)21/h3-12,22H,2H2,1H3/b11-6+. The summed E-state index contributed by atoms with van der Waals surface area (Å²) in [5.41, 5.74) is 0.0677. The topological polar surface area (TPSA) is 63.2 Å². The van der Waals surface area contributed by atoms with Crippen molar-refractivity contribution in [3.8, 4) is 0 Å². The number of ketones is 1. The zero-order chi connectivity index (χ0) is 19.4. The van der Waals surface area contributed by atoms with Crippen LogP contribution in [-0.2, 0) is 16.2 Å². The van der Waals surface area contributed by atoms with Gasteiger partial charge in [-0.05, 0) is 55.0 Å². The molecule has 0 aliphatic rings. The first kappa shape index (κ1) is 19.7. The van der Waals surface area contributed by atoms with Crippen LogP contribution in [0.25, 0.3) is 6.08 Å². The third kappa shape index (κ3) is 5.45. The molecule has 2 aromatic carbocycles. The average Bonchev–Trinajstić information content (AvgIpc) is 2.59. The number of allylic oxidation sites excluding steroid dienone is 1. The van der Waals surface area contributed by atoms with E-state index < -0.39 is 27.5 Å². The molecule has 0 saturated carbocycles. The first-order valence-electron chi connectivity index (χ1n) is 7.61. The lowest BCUT2D eigenvalue weighted by Crippen LogP contribution is -2.14. The maximum atomic E-state index is 12.7. The predicted octanol–water partition coefficient (Wildman–Crippen LogP) is 4.36. The molecule has 0 heterocycles. The Balaban J connectivity index is 2.11. The normalized spacial score (nSPS) is 12.3. The van der Waals surface area contributed by atoms with Gasteiger partial charge in [0.05, 0.1) is 11.3 Å². The van der Waals surface area contributed by atoms with Crippen LogP contribution in [0, 0.1) is 0 Å². The van der Waals surface area contributed by atoms with E-state index in [1.54, 1.807) is 0 Å². The van der Waals surface area contributed by atoms with Crippen molar-refractivity contribution in [3.05, 3.63) is 71.3 Å². The molecule has 0 unspecified atom stereocenters. The van der Waals surface area contributed by atoms with E-state index >= 15 is 0 Å². The fraction of sp³-hybridized carbons (Fsp3) is 0.167. The van der Waals surface area contributed by atoms with Crippen molar-refractivity contribution >= 4 is 27.6 Å². The minimum absolute atomic E-state index is 0.0760. The fourth-order valence-corrected chi connectivity index (χ4v) is 2.68. The van der Waals surface area contributed by atoms with E-state index in [0.717, 1.165) is 12.1 Å². The number of hydrogen-bond acceptors (Lipinski definition) is 3. The van der Waals surface area contributed by atoms with Crippen LogP contribution < -0.4 is 4.72 Å². The second kappa shape index (κ2) is 7.74. The molecule has 0 aromatic heterocycles. The number of hydrogen-bond donors (Lipinski definition) is 1. The van der Waals surface area contributed by atoms with Crippen molar-refractivity contribution in [1.82, 2.24) is 0 Å². The largest absolute Gasteiger partial charge is 0.416 e. The second-order valence-corrected chi connectivity index (χ2v) is 7.41. The highest BCUT2D eigenvalue weighted by atomic mass is 32.2. The summed E-state index contributed by atoms with van der Waals surface area (Å²) >= 11 is 0. The lowest BCUT2D eigenvalue weighted by Gasteiger charge is -2.07. The molecule has 0 saturated heterocycles. The Labute approximate surface area is 149 Å². The van der Waals surface area contributed by atoms with Crippen molar-refractivity contribution in [2.75, 3.05) is 10.5 Å². The van der Waals surface area contributed by atoms with Crippen LogP contribution >= 0.6 is 0 Å². The molecule has 138 valence electrons. The van der Waals surface area contributed by atoms with Gasteiger partial charge in [0.15, 0.2) is 5.78 Å². The number of anilines is 1. The Bertz CT molecular complexity index is 917. The molecule has 1 N–H and O–H groups in total. The summed E-state index contributed by atoms with van der Waals surface area (Å²) in [6, 6.07) is 10.4. The fourth-order valence-electron chi connectivity index (χ4n) is 2.04. The third-order valence-electron chi connectivity index (χ3n) is 3.46. The molecule has 4 nitrogen and oxygen atoms in total. The van der Waals surface area contributed by atoms with E-state index in [4.69, 9.17) is 0 Å². The number of halogens is 3. The maximum Gasteiger partial charge on any atom is 0.416 e. The number of sulfonamides is 1. The van der Waals surface area contributed by atoms with E-state index in [9.17, 15) is 26.4 Å². The van der Waals surface area contributed by atoms with E-state index in [1.165, 1.54) is 55.5 Å². The van der Waals surface area contributed by atoms with Gasteiger partial charge < -0.3 is 0 Å². The zero-order valence-electron chi connectivity index (χ0n) is 13.7. The molecule has 0 amide bonds. The molecule has 0 aliphatic carbocycles. The van der Waals surface area contributed by atoms with Gasteiger partial charge in [0.2, 0.25) is 10.0 Å². The molecule has 2 aromatic rings. The summed E-state index contributed by atoms with van der Waals surface area (Å²) in [5.74, 6) is -0.486. The molecular formula is C18H16F3NO3S. The highest BCUT2D eigenvalue weighted by Crippen LogP contribution is 2.29. The van der Waals surface area contributed by atoms with Gasteiger partial charge in [0, 0.05) is 11.3 Å². The number of nitrogens with one attached hydrogen (secondary N) is 1. The minimum atomic E-state index is -4.45. The Morgan fingerprint density at radius 2 is 1.77 bits per heavy atom. The first-order chi connectivity index (χ1) is 12.1. The monoisotopic (exact) mass is 383 g/mol. The van der Waals surface area contributed by atoms with E-state index in [2.05, 4.69) is 4.72 Å². The molecule has 2 rings (SSSR count). The lowest BCUT2D eigenvalue weighted by atomic mass is 10.1. The number of carbonyl (C=O) groups excluding carboxylic acids is 1. The Morgan fingerprint density at radius 1 is 1.12 bits per heavy atom. The van der Waals surface area contributed by atoms with Crippen molar-refractivity contribution in [1.29, 1.82) is 0 Å². The van der Waals surface area contributed by atoms with Crippen LogP contribution in [0.4, 0.5) is 18.9 Å². The van der Waals surface area contributed by atoms with Crippen LogP contribution in [0.3, 0.4) is 0 Å². The van der Waals surface area contributed by atoms with Crippen molar-refractivity contribution in [3.63, 3.8) is 0 Å². The van der Waals surface area contributed by atoms with Crippen molar-refractivity contribution in [2.45, 2.75) is 13.1 Å². The van der Waals surface area contributed by atoms with E-state index in [1.807, 2.05) is 0 Å².